The van der Waals surface area contributed by atoms with Gasteiger partial charge in [0.2, 0.25) is 0 Å². The van der Waals surface area contributed by atoms with Crippen molar-refractivity contribution in [3.8, 4) is 0 Å². The molecule has 0 spiro atoms. The van der Waals surface area contributed by atoms with Crippen molar-refractivity contribution >= 4 is 0 Å². The largest absolute Gasteiger partial charge is 0.309 e. The fraction of sp³-hybridized carbons (Fsp3) is 1.00. The van der Waals surface area contributed by atoms with Gasteiger partial charge in [0.1, 0.15) is 0 Å². The van der Waals surface area contributed by atoms with E-state index < -0.39 is 0 Å². The summed E-state index contributed by atoms with van der Waals surface area (Å²) >= 11 is 0. The molecule has 0 heterocycles. The van der Waals surface area contributed by atoms with Crippen molar-refractivity contribution in [1.82, 2.24) is 4.90 Å². The Bertz CT molecular complexity index is 138. The van der Waals surface area contributed by atoms with Crippen LogP contribution in [0.15, 0.2) is 0 Å². The Morgan fingerprint density at radius 1 is 1.07 bits per heavy atom. The molecule has 0 aromatic rings. The van der Waals surface area contributed by atoms with Gasteiger partial charge in [0.25, 0.3) is 0 Å². The van der Waals surface area contributed by atoms with Crippen molar-refractivity contribution in [1.29, 1.82) is 0 Å². The topological polar surface area (TPSA) is 3.24 Å². The van der Waals surface area contributed by atoms with E-state index in [-0.39, 0.29) is 0 Å². The average Bonchev–Trinajstić information content (AvgIpc) is 2.02. The van der Waals surface area contributed by atoms with Crippen molar-refractivity contribution in [3.05, 3.63) is 0 Å². The number of hydrogen-bond donors (Lipinski definition) is 0. The van der Waals surface area contributed by atoms with Crippen LogP contribution >= 0.6 is 0 Å². The summed E-state index contributed by atoms with van der Waals surface area (Å²) in [6, 6.07) is 0. The van der Waals surface area contributed by atoms with E-state index in [0.29, 0.717) is 5.41 Å². The third kappa shape index (κ3) is 4.99. The Morgan fingerprint density at radius 2 is 1.64 bits per heavy atom. The van der Waals surface area contributed by atoms with E-state index in [1.54, 1.807) is 0 Å². The Balaban J connectivity index is 4.29. The monoisotopic (exact) mass is 199 g/mol. The van der Waals surface area contributed by atoms with Crippen molar-refractivity contribution in [2.45, 2.75) is 53.4 Å². The molecule has 1 nitrogen and oxygen atoms in total. The minimum Gasteiger partial charge on any atom is -0.309 e. The van der Waals surface area contributed by atoms with Crippen LogP contribution in [0.4, 0.5) is 0 Å². The van der Waals surface area contributed by atoms with Gasteiger partial charge in [-0.25, -0.2) is 0 Å². The van der Waals surface area contributed by atoms with Crippen molar-refractivity contribution in [2.75, 3.05) is 20.6 Å². The van der Waals surface area contributed by atoms with Crippen molar-refractivity contribution in [2.24, 2.45) is 11.3 Å². The maximum atomic E-state index is 2.43. The summed E-state index contributed by atoms with van der Waals surface area (Å²) in [6.07, 6.45) is 5.34. The van der Waals surface area contributed by atoms with E-state index in [4.69, 9.17) is 0 Å². The third-order valence-electron chi connectivity index (χ3n) is 3.22. The van der Waals surface area contributed by atoms with Crippen LogP contribution in [-0.2, 0) is 0 Å². The highest BCUT2D eigenvalue weighted by molar-refractivity contribution is 4.79. The number of rotatable bonds is 7. The Morgan fingerprint density at radius 3 is 2.00 bits per heavy atom. The molecule has 1 unspecified atom stereocenters. The lowest BCUT2D eigenvalue weighted by atomic mass is 9.73. The maximum absolute atomic E-state index is 2.43. The highest BCUT2D eigenvalue weighted by atomic mass is 15.1. The van der Waals surface area contributed by atoms with Crippen LogP contribution in [0.5, 0.6) is 0 Å². The lowest BCUT2D eigenvalue weighted by Gasteiger charge is -2.36. The van der Waals surface area contributed by atoms with Crippen LogP contribution in [0.3, 0.4) is 0 Å². The van der Waals surface area contributed by atoms with Gasteiger partial charge in [0.15, 0.2) is 0 Å². The summed E-state index contributed by atoms with van der Waals surface area (Å²) in [5.41, 5.74) is 0.509. The molecule has 1 atom stereocenters. The molecule has 0 aliphatic rings. The second-order valence-electron chi connectivity index (χ2n) is 5.49. The normalized spacial score (nSPS) is 14.8. The number of nitrogens with zero attached hydrogens (tertiary/aromatic N) is 1. The molecule has 0 bridgehead atoms. The Hall–Kier alpha value is -0.0400. The molecule has 0 radical (unpaired) electrons. The summed E-state index contributed by atoms with van der Waals surface area (Å²) < 4.78 is 0. The molecule has 14 heavy (non-hydrogen) atoms. The summed E-state index contributed by atoms with van der Waals surface area (Å²) in [5.74, 6) is 0.849. The molecule has 0 aliphatic carbocycles. The summed E-state index contributed by atoms with van der Waals surface area (Å²) in [6.45, 7) is 10.7. The number of hydrogen-bond acceptors (Lipinski definition) is 1. The molecule has 1 heteroatoms. The van der Waals surface area contributed by atoms with Crippen LogP contribution in [-0.4, -0.2) is 25.5 Å². The van der Waals surface area contributed by atoms with Crippen LogP contribution in [0.2, 0.25) is 0 Å². The van der Waals surface area contributed by atoms with Gasteiger partial charge in [-0.3, -0.25) is 0 Å². The molecule has 0 N–H and O–H groups in total. The minimum atomic E-state index is 0.509. The molecule has 0 saturated carbocycles. The molecular formula is C13H29N. The maximum Gasteiger partial charge on any atom is 0.000866 e. The van der Waals surface area contributed by atoms with Crippen LogP contribution in [0.1, 0.15) is 53.4 Å². The fourth-order valence-corrected chi connectivity index (χ4v) is 2.37. The van der Waals surface area contributed by atoms with Crippen molar-refractivity contribution in [3.63, 3.8) is 0 Å². The van der Waals surface area contributed by atoms with Gasteiger partial charge in [-0.15, -0.1) is 0 Å². The zero-order chi connectivity index (χ0) is 11.2. The van der Waals surface area contributed by atoms with Gasteiger partial charge < -0.3 is 4.90 Å². The lowest BCUT2D eigenvalue weighted by Crippen LogP contribution is -2.33. The van der Waals surface area contributed by atoms with Gasteiger partial charge in [-0.1, -0.05) is 40.5 Å². The Kier molecular flexibility index (Phi) is 6.43. The molecule has 0 amide bonds. The second-order valence-corrected chi connectivity index (χ2v) is 5.49. The first-order valence-corrected chi connectivity index (χ1v) is 6.08. The molecule has 0 aromatic carbocycles. The molecule has 0 aliphatic heterocycles. The predicted molar refractivity (Wildman–Crippen MR) is 65.6 cm³/mol. The van der Waals surface area contributed by atoms with Crippen LogP contribution in [0, 0.1) is 11.3 Å². The minimum absolute atomic E-state index is 0.509. The SMILES string of the molecule is CCCC(CN(C)C)C(C)(C)CCC. The third-order valence-corrected chi connectivity index (χ3v) is 3.22. The van der Waals surface area contributed by atoms with E-state index in [9.17, 15) is 0 Å². The van der Waals surface area contributed by atoms with E-state index in [0.717, 1.165) is 5.92 Å². The summed E-state index contributed by atoms with van der Waals surface area (Å²) in [5, 5.41) is 0. The van der Waals surface area contributed by atoms with Gasteiger partial charge >= 0.3 is 0 Å². The first-order chi connectivity index (χ1) is 6.44. The van der Waals surface area contributed by atoms with E-state index in [2.05, 4.69) is 46.7 Å². The van der Waals surface area contributed by atoms with Crippen LogP contribution < -0.4 is 0 Å². The first kappa shape index (κ1) is 14.0. The average molecular weight is 199 g/mol. The van der Waals surface area contributed by atoms with Gasteiger partial charge in [0.05, 0.1) is 0 Å². The quantitative estimate of drug-likeness (QED) is 0.603. The molecule has 0 fully saturated rings. The standard InChI is InChI=1S/C13H29N/c1-7-9-12(11-14(5)6)13(3,4)10-8-2/h12H,7-11H2,1-6H3. The van der Waals surface area contributed by atoms with E-state index in [1.165, 1.54) is 32.2 Å². The van der Waals surface area contributed by atoms with E-state index >= 15 is 0 Å². The molecule has 0 rings (SSSR count). The smallest absolute Gasteiger partial charge is 0.000866 e. The molecular weight excluding hydrogens is 170 g/mol. The summed E-state index contributed by atoms with van der Waals surface area (Å²) in [4.78, 5) is 2.33. The highest BCUT2D eigenvalue weighted by Gasteiger charge is 2.27. The van der Waals surface area contributed by atoms with Gasteiger partial charge in [0, 0.05) is 6.54 Å². The van der Waals surface area contributed by atoms with E-state index in [1.807, 2.05) is 0 Å². The second kappa shape index (κ2) is 6.44. The zero-order valence-electron chi connectivity index (χ0n) is 11.1. The first-order valence-electron chi connectivity index (χ1n) is 6.08. The van der Waals surface area contributed by atoms with Gasteiger partial charge in [-0.05, 0) is 38.3 Å². The predicted octanol–water partition coefficient (Wildman–Crippen LogP) is 3.79. The molecule has 86 valence electrons. The molecule has 0 saturated heterocycles. The molecule has 0 aromatic heterocycles. The zero-order valence-corrected chi connectivity index (χ0v) is 11.1. The van der Waals surface area contributed by atoms with Crippen molar-refractivity contribution < 1.29 is 0 Å². The fourth-order valence-electron chi connectivity index (χ4n) is 2.37. The van der Waals surface area contributed by atoms with Crippen LogP contribution in [0.25, 0.3) is 0 Å². The Labute approximate surface area is 90.9 Å². The summed E-state index contributed by atoms with van der Waals surface area (Å²) in [7, 11) is 4.37. The highest BCUT2D eigenvalue weighted by Crippen LogP contribution is 2.35. The lowest BCUT2D eigenvalue weighted by molar-refractivity contribution is 0.141. The van der Waals surface area contributed by atoms with Gasteiger partial charge in [-0.2, -0.15) is 0 Å².